The van der Waals surface area contributed by atoms with Gasteiger partial charge in [-0.2, -0.15) is 0 Å². The highest BCUT2D eigenvalue weighted by molar-refractivity contribution is 9.10. The van der Waals surface area contributed by atoms with Crippen LogP contribution in [0.4, 0.5) is 4.39 Å². The van der Waals surface area contributed by atoms with Crippen LogP contribution < -0.4 is 0 Å². The summed E-state index contributed by atoms with van der Waals surface area (Å²) in [6, 6.07) is 14.4. The fourth-order valence-corrected chi connectivity index (χ4v) is 3.12. The first kappa shape index (κ1) is 16.0. The van der Waals surface area contributed by atoms with Crippen LogP contribution in [0, 0.1) is 5.82 Å². The first-order valence-electron chi connectivity index (χ1n) is 6.92. The molecule has 0 bridgehead atoms. The number of aromatic amines is 1. The zero-order chi connectivity index (χ0) is 16.1. The van der Waals surface area contributed by atoms with Crippen molar-refractivity contribution >= 4 is 39.8 Å². The van der Waals surface area contributed by atoms with E-state index in [1.807, 2.05) is 24.3 Å². The van der Waals surface area contributed by atoms with Gasteiger partial charge in [0.2, 0.25) is 5.16 Å². The third-order valence-corrected chi connectivity index (χ3v) is 4.45. The van der Waals surface area contributed by atoms with Crippen molar-refractivity contribution in [2.24, 2.45) is 0 Å². The van der Waals surface area contributed by atoms with Crippen molar-refractivity contribution in [2.75, 3.05) is 0 Å². The third kappa shape index (κ3) is 4.77. The number of aromatic nitrogens is 3. The minimum absolute atomic E-state index is 0.243. The van der Waals surface area contributed by atoms with Gasteiger partial charge in [-0.3, -0.25) is 5.10 Å². The van der Waals surface area contributed by atoms with E-state index in [1.165, 1.54) is 17.7 Å². The Morgan fingerprint density at radius 1 is 1.13 bits per heavy atom. The average molecular weight is 390 g/mol. The summed E-state index contributed by atoms with van der Waals surface area (Å²) >= 11 is 5.03. The Bertz CT molecular complexity index is 815. The maximum atomic E-state index is 12.8. The van der Waals surface area contributed by atoms with E-state index in [0.717, 1.165) is 15.8 Å². The lowest BCUT2D eigenvalue weighted by Crippen LogP contribution is -1.82. The van der Waals surface area contributed by atoms with Crippen LogP contribution in [0.1, 0.15) is 17.0 Å². The summed E-state index contributed by atoms with van der Waals surface area (Å²) in [7, 11) is 0. The molecule has 23 heavy (non-hydrogen) atoms. The SMILES string of the molecule is Fc1ccc(/C=C/c2nc(SCc3cccc(Br)c3)n[nH]2)cc1. The number of hydrogen-bond donors (Lipinski definition) is 1. The second kappa shape index (κ2) is 7.57. The number of nitrogens with zero attached hydrogens (tertiary/aromatic N) is 2. The van der Waals surface area contributed by atoms with Gasteiger partial charge in [0.1, 0.15) is 11.6 Å². The number of thioether (sulfide) groups is 1. The summed E-state index contributed by atoms with van der Waals surface area (Å²) in [6.45, 7) is 0. The molecule has 0 amide bonds. The van der Waals surface area contributed by atoms with E-state index < -0.39 is 0 Å². The highest BCUT2D eigenvalue weighted by Crippen LogP contribution is 2.21. The number of H-pyrrole nitrogens is 1. The van der Waals surface area contributed by atoms with Crippen LogP contribution in [0.25, 0.3) is 12.2 Å². The Morgan fingerprint density at radius 3 is 2.74 bits per heavy atom. The topological polar surface area (TPSA) is 41.6 Å². The smallest absolute Gasteiger partial charge is 0.209 e. The van der Waals surface area contributed by atoms with E-state index in [1.54, 1.807) is 23.9 Å². The van der Waals surface area contributed by atoms with Gasteiger partial charge >= 0.3 is 0 Å². The van der Waals surface area contributed by atoms with Gasteiger partial charge in [0, 0.05) is 10.2 Å². The quantitative estimate of drug-likeness (QED) is 0.612. The molecule has 3 rings (SSSR count). The monoisotopic (exact) mass is 389 g/mol. The van der Waals surface area contributed by atoms with E-state index in [4.69, 9.17) is 0 Å². The number of halogens is 2. The lowest BCUT2D eigenvalue weighted by molar-refractivity contribution is 0.628. The molecule has 3 nitrogen and oxygen atoms in total. The largest absolute Gasteiger partial charge is 0.259 e. The Morgan fingerprint density at radius 2 is 1.96 bits per heavy atom. The Balaban J connectivity index is 1.60. The molecule has 0 aliphatic rings. The van der Waals surface area contributed by atoms with Gasteiger partial charge < -0.3 is 0 Å². The van der Waals surface area contributed by atoms with E-state index >= 15 is 0 Å². The molecule has 0 spiro atoms. The molecule has 0 unspecified atom stereocenters. The van der Waals surface area contributed by atoms with E-state index in [9.17, 15) is 4.39 Å². The summed E-state index contributed by atoms with van der Waals surface area (Å²) in [4.78, 5) is 4.40. The van der Waals surface area contributed by atoms with Crippen LogP contribution >= 0.6 is 27.7 Å². The molecule has 3 aromatic rings. The maximum Gasteiger partial charge on any atom is 0.209 e. The maximum absolute atomic E-state index is 12.8. The van der Waals surface area contributed by atoms with Crippen molar-refractivity contribution in [3.63, 3.8) is 0 Å². The molecular formula is C17H13BrFN3S. The molecule has 0 fully saturated rings. The summed E-state index contributed by atoms with van der Waals surface area (Å²) in [6.07, 6.45) is 3.69. The average Bonchev–Trinajstić information content (AvgIpc) is 3.00. The molecule has 6 heteroatoms. The lowest BCUT2D eigenvalue weighted by atomic mass is 10.2. The molecule has 0 saturated carbocycles. The van der Waals surface area contributed by atoms with Gasteiger partial charge in [0.05, 0.1) is 0 Å². The van der Waals surface area contributed by atoms with Crippen LogP contribution in [0.3, 0.4) is 0 Å². The molecule has 1 heterocycles. The molecule has 2 aromatic carbocycles. The van der Waals surface area contributed by atoms with E-state index in [0.29, 0.717) is 11.0 Å². The first-order chi connectivity index (χ1) is 11.2. The van der Waals surface area contributed by atoms with Gasteiger partial charge in [0.15, 0.2) is 0 Å². The Kier molecular flexibility index (Phi) is 5.25. The molecule has 0 aliphatic carbocycles. The second-order valence-corrected chi connectivity index (χ2v) is 6.66. The second-order valence-electron chi connectivity index (χ2n) is 4.81. The molecule has 0 saturated heterocycles. The first-order valence-corrected chi connectivity index (χ1v) is 8.70. The minimum atomic E-state index is -0.243. The van der Waals surface area contributed by atoms with Gasteiger partial charge in [-0.15, -0.1) is 5.10 Å². The van der Waals surface area contributed by atoms with E-state index in [-0.39, 0.29) is 5.82 Å². The molecule has 116 valence electrons. The van der Waals surface area contributed by atoms with Crippen LogP contribution in [0.5, 0.6) is 0 Å². The number of benzene rings is 2. The van der Waals surface area contributed by atoms with Crippen molar-refractivity contribution in [2.45, 2.75) is 10.9 Å². The molecule has 0 aliphatic heterocycles. The fourth-order valence-electron chi connectivity index (χ4n) is 1.92. The number of hydrogen-bond acceptors (Lipinski definition) is 3. The lowest BCUT2D eigenvalue weighted by Gasteiger charge is -1.98. The molecule has 1 N–H and O–H groups in total. The molecule has 0 atom stereocenters. The number of rotatable bonds is 5. The van der Waals surface area contributed by atoms with Crippen LogP contribution in [-0.4, -0.2) is 15.2 Å². The van der Waals surface area contributed by atoms with Gasteiger partial charge in [-0.25, -0.2) is 9.37 Å². The zero-order valence-electron chi connectivity index (χ0n) is 12.0. The number of nitrogens with one attached hydrogen (secondary N) is 1. The van der Waals surface area contributed by atoms with Crippen molar-refractivity contribution < 1.29 is 4.39 Å². The minimum Gasteiger partial charge on any atom is -0.259 e. The molecular weight excluding hydrogens is 377 g/mol. The van der Waals surface area contributed by atoms with Crippen LogP contribution in [0.2, 0.25) is 0 Å². The summed E-state index contributed by atoms with van der Waals surface area (Å²) in [5.74, 6) is 1.23. The predicted octanol–water partition coefficient (Wildman–Crippen LogP) is 5.17. The van der Waals surface area contributed by atoms with Gasteiger partial charge in [-0.05, 0) is 41.5 Å². The van der Waals surface area contributed by atoms with E-state index in [2.05, 4.69) is 43.2 Å². The van der Waals surface area contributed by atoms with Crippen LogP contribution in [0.15, 0.2) is 58.2 Å². The zero-order valence-corrected chi connectivity index (χ0v) is 14.4. The third-order valence-electron chi connectivity index (χ3n) is 3.04. The summed E-state index contributed by atoms with van der Waals surface area (Å²) in [5.41, 5.74) is 2.11. The Labute approximate surface area is 146 Å². The fraction of sp³-hybridized carbons (Fsp3) is 0.0588. The Hall–Kier alpha value is -1.92. The summed E-state index contributed by atoms with van der Waals surface area (Å²) in [5, 5.41) is 7.76. The highest BCUT2D eigenvalue weighted by Gasteiger charge is 2.03. The standard InChI is InChI=1S/C17H13BrFN3S/c18-14-3-1-2-13(10-14)11-23-17-20-16(21-22-17)9-6-12-4-7-15(19)8-5-12/h1-10H,11H2,(H,20,21,22)/b9-6+. The van der Waals surface area contributed by atoms with Crippen molar-refractivity contribution in [1.82, 2.24) is 15.2 Å². The molecule has 0 radical (unpaired) electrons. The van der Waals surface area contributed by atoms with Gasteiger partial charge in [-0.1, -0.05) is 58.0 Å². The van der Waals surface area contributed by atoms with Crippen molar-refractivity contribution in [3.8, 4) is 0 Å². The van der Waals surface area contributed by atoms with Crippen molar-refractivity contribution in [1.29, 1.82) is 0 Å². The highest BCUT2D eigenvalue weighted by atomic mass is 79.9. The summed E-state index contributed by atoms with van der Waals surface area (Å²) < 4.78 is 13.9. The normalized spacial score (nSPS) is 11.2. The van der Waals surface area contributed by atoms with Gasteiger partial charge in [0.25, 0.3) is 0 Å². The predicted molar refractivity (Wildman–Crippen MR) is 95.4 cm³/mol. The molecule has 1 aromatic heterocycles. The van der Waals surface area contributed by atoms with Crippen LogP contribution in [-0.2, 0) is 5.75 Å². The van der Waals surface area contributed by atoms with Crippen molar-refractivity contribution in [3.05, 3.63) is 75.8 Å².